The van der Waals surface area contributed by atoms with Crippen LogP contribution in [0, 0.1) is 11.3 Å². The molecule has 0 unspecified atom stereocenters. The van der Waals surface area contributed by atoms with E-state index in [4.69, 9.17) is 10.4 Å². The van der Waals surface area contributed by atoms with Gasteiger partial charge in [0.25, 0.3) is 0 Å². The molecule has 0 aliphatic carbocycles. The molecule has 0 radical (unpaired) electrons. The van der Waals surface area contributed by atoms with Gasteiger partial charge in [-0.05, 0) is 23.8 Å². The van der Waals surface area contributed by atoms with E-state index in [1.54, 1.807) is 25.4 Å². The Morgan fingerprint density at radius 1 is 1.53 bits per heavy atom. The number of fused-ring (bicyclic) bond motifs is 1. The van der Waals surface area contributed by atoms with Crippen LogP contribution in [0.15, 0.2) is 23.2 Å². The number of hydrogen-bond acceptors (Lipinski definition) is 3. The first-order valence-corrected chi connectivity index (χ1v) is 4.88. The van der Waals surface area contributed by atoms with E-state index in [0.29, 0.717) is 16.5 Å². The van der Waals surface area contributed by atoms with Gasteiger partial charge in [-0.1, -0.05) is 0 Å². The quantitative estimate of drug-likeness (QED) is 0.766. The van der Waals surface area contributed by atoms with Crippen molar-refractivity contribution in [2.45, 2.75) is 0 Å². The molecule has 5 nitrogen and oxygen atoms in total. The highest BCUT2D eigenvalue weighted by atomic mass is 16.4. The first-order valence-electron chi connectivity index (χ1n) is 4.88. The fourth-order valence-electron chi connectivity index (χ4n) is 1.69. The number of nitrogens with one attached hydrogen (secondary N) is 1. The van der Waals surface area contributed by atoms with Crippen molar-refractivity contribution in [1.29, 1.82) is 5.26 Å². The molecule has 0 atom stereocenters. The fourth-order valence-corrected chi connectivity index (χ4v) is 1.69. The summed E-state index contributed by atoms with van der Waals surface area (Å²) in [5.74, 6) is -1.05. The molecule has 2 N–H and O–H groups in total. The van der Waals surface area contributed by atoms with Gasteiger partial charge in [-0.15, -0.1) is 0 Å². The predicted molar refractivity (Wildman–Crippen MR) is 63.5 cm³/mol. The van der Waals surface area contributed by atoms with E-state index in [1.807, 2.05) is 6.07 Å². The van der Waals surface area contributed by atoms with Crippen LogP contribution >= 0.6 is 0 Å². The van der Waals surface area contributed by atoms with Gasteiger partial charge in [0.15, 0.2) is 0 Å². The van der Waals surface area contributed by atoms with E-state index in [2.05, 4.69) is 9.98 Å². The summed E-state index contributed by atoms with van der Waals surface area (Å²) in [6, 6.07) is 6.94. The van der Waals surface area contributed by atoms with E-state index in [1.165, 1.54) is 6.07 Å². The highest BCUT2D eigenvalue weighted by Gasteiger charge is 2.11. The summed E-state index contributed by atoms with van der Waals surface area (Å²) in [5.41, 5.74) is 1.88. The number of nitriles is 1. The zero-order valence-corrected chi connectivity index (χ0v) is 9.06. The van der Waals surface area contributed by atoms with Crippen molar-refractivity contribution >= 4 is 23.1 Å². The third kappa shape index (κ3) is 1.88. The van der Waals surface area contributed by atoms with E-state index in [9.17, 15) is 4.79 Å². The minimum absolute atomic E-state index is 0.0714. The summed E-state index contributed by atoms with van der Waals surface area (Å²) in [6.45, 7) is 0. The molecule has 0 aliphatic rings. The van der Waals surface area contributed by atoms with Gasteiger partial charge < -0.3 is 10.1 Å². The molecular weight excluding hydrogens is 218 g/mol. The van der Waals surface area contributed by atoms with Crippen molar-refractivity contribution < 1.29 is 9.90 Å². The van der Waals surface area contributed by atoms with Crippen molar-refractivity contribution in [3.8, 4) is 6.07 Å². The Labute approximate surface area is 97.0 Å². The normalized spacial score (nSPS) is 10.8. The first kappa shape index (κ1) is 10.9. The Bertz CT molecular complexity index is 662. The number of rotatable bonds is 2. The molecule has 5 heteroatoms. The number of aromatic amines is 1. The maximum absolute atomic E-state index is 10.8. The molecule has 0 spiro atoms. The number of aromatic carboxylic acids is 1. The lowest BCUT2D eigenvalue weighted by Crippen LogP contribution is -1.94. The second kappa shape index (κ2) is 4.10. The lowest BCUT2D eigenvalue weighted by atomic mass is 10.1. The number of benzene rings is 1. The molecule has 1 heterocycles. The third-order valence-electron chi connectivity index (χ3n) is 2.39. The highest BCUT2D eigenvalue weighted by Crippen LogP contribution is 2.21. The van der Waals surface area contributed by atoms with E-state index in [0.717, 1.165) is 5.56 Å². The Balaban J connectivity index is 2.74. The molecule has 0 saturated heterocycles. The van der Waals surface area contributed by atoms with Crippen LogP contribution < -0.4 is 0 Å². The summed E-state index contributed by atoms with van der Waals surface area (Å²) in [7, 11) is 1.63. The average molecular weight is 227 g/mol. The van der Waals surface area contributed by atoms with Crippen LogP contribution in [0.5, 0.6) is 0 Å². The molecular formula is C12H9N3O2. The van der Waals surface area contributed by atoms with Gasteiger partial charge in [0, 0.05) is 24.2 Å². The molecule has 2 rings (SSSR count). The number of nitrogens with zero attached hydrogens (tertiary/aromatic N) is 2. The van der Waals surface area contributed by atoms with Crippen LogP contribution in [0.4, 0.5) is 0 Å². The number of H-pyrrole nitrogens is 1. The molecule has 1 aromatic carbocycles. The van der Waals surface area contributed by atoms with Gasteiger partial charge in [-0.3, -0.25) is 4.99 Å². The molecule has 1 aromatic heterocycles. The Hall–Kier alpha value is -2.61. The van der Waals surface area contributed by atoms with Crippen LogP contribution in [-0.4, -0.2) is 29.3 Å². The SMILES string of the molecule is CN=Cc1cc(C#N)c2cc(C(=O)O)[nH]c2c1. The van der Waals surface area contributed by atoms with Crippen molar-refractivity contribution in [2.75, 3.05) is 7.05 Å². The molecule has 0 saturated carbocycles. The second-order valence-electron chi connectivity index (χ2n) is 3.52. The van der Waals surface area contributed by atoms with Crippen molar-refractivity contribution in [3.05, 3.63) is 35.0 Å². The minimum atomic E-state index is -1.05. The molecule has 0 bridgehead atoms. The number of carbonyl (C=O) groups is 1. The van der Waals surface area contributed by atoms with Crippen molar-refractivity contribution in [3.63, 3.8) is 0 Å². The van der Waals surface area contributed by atoms with Crippen LogP contribution in [0.2, 0.25) is 0 Å². The van der Waals surface area contributed by atoms with Crippen LogP contribution in [-0.2, 0) is 0 Å². The summed E-state index contributed by atoms with van der Waals surface area (Å²) >= 11 is 0. The standard InChI is InChI=1S/C12H9N3O2/c1-14-6-7-2-8(5-13)9-4-11(12(16)17)15-10(9)3-7/h2-4,6,15H,1H3,(H,16,17). The number of carboxylic acids is 1. The maximum atomic E-state index is 10.8. The summed E-state index contributed by atoms with van der Waals surface area (Å²) in [4.78, 5) is 17.5. The lowest BCUT2D eigenvalue weighted by Gasteiger charge is -1.96. The Morgan fingerprint density at radius 2 is 2.29 bits per heavy atom. The zero-order valence-electron chi connectivity index (χ0n) is 9.06. The van der Waals surface area contributed by atoms with Gasteiger partial charge >= 0.3 is 5.97 Å². The highest BCUT2D eigenvalue weighted by molar-refractivity contribution is 5.98. The van der Waals surface area contributed by atoms with Crippen LogP contribution in [0.1, 0.15) is 21.6 Å². The Kier molecular flexibility index (Phi) is 2.63. The lowest BCUT2D eigenvalue weighted by molar-refractivity contribution is 0.0691. The topological polar surface area (TPSA) is 89.2 Å². The molecule has 0 aliphatic heterocycles. The van der Waals surface area contributed by atoms with Gasteiger partial charge in [0.05, 0.1) is 11.6 Å². The van der Waals surface area contributed by atoms with Gasteiger partial charge in [-0.25, -0.2) is 4.79 Å². The molecule has 2 aromatic rings. The van der Waals surface area contributed by atoms with Crippen LogP contribution in [0.25, 0.3) is 10.9 Å². The van der Waals surface area contributed by atoms with Gasteiger partial charge in [0.1, 0.15) is 5.69 Å². The smallest absolute Gasteiger partial charge is 0.352 e. The predicted octanol–water partition coefficient (Wildman–Crippen LogP) is 1.79. The van der Waals surface area contributed by atoms with Crippen molar-refractivity contribution in [2.24, 2.45) is 4.99 Å². The summed E-state index contributed by atoms with van der Waals surface area (Å²) < 4.78 is 0. The third-order valence-corrected chi connectivity index (χ3v) is 2.39. The van der Waals surface area contributed by atoms with E-state index < -0.39 is 5.97 Å². The Morgan fingerprint density at radius 3 is 2.88 bits per heavy atom. The van der Waals surface area contributed by atoms with Gasteiger partial charge in [-0.2, -0.15) is 5.26 Å². The van der Waals surface area contributed by atoms with E-state index in [-0.39, 0.29) is 5.69 Å². The van der Waals surface area contributed by atoms with Crippen LogP contribution in [0.3, 0.4) is 0 Å². The summed E-state index contributed by atoms with van der Waals surface area (Å²) in [6.07, 6.45) is 1.61. The zero-order chi connectivity index (χ0) is 12.4. The number of hydrogen-bond donors (Lipinski definition) is 2. The number of aliphatic imine (C=N–C) groups is 1. The summed E-state index contributed by atoms with van der Waals surface area (Å²) in [5, 5.41) is 18.5. The van der Waals surface area contributed by atoms with E-state index >= 15 is 0 Å². The minimum Gasteiger partial charge on any atom is -0.477 e. The largest absolute Gasteiger partial charge is 0.477 e. The fraction of sp³-hybridized carbons (Fsp3) is 0.0833. The van der Waals surface area contributed by atoms with Crippen molar-refractivity contribution in [1.82, 2.24) is 4.98 Å². The molecule has 17 heavy (non-hydrogen) atoms. The second-order valence-corrected chi connectivity index (χ2v) is 3.52. The number of aromatic nitrogens is 1. The molecule has 0 amide bonds. The average Bonchev–Trinajstić information content (AvgIpc) is 2.72. The van der Waals surface area contributed by atoms with Gasteiger partial charge in [0.2, 0.25) is 0 Å². The maximum Gasteiger partial charge on any atom is 0.352 e. The number of carboxylic acid groups (broad SMARTS) is 1. The molecule has 0 fully saturated rings. The monoisotopic (exact) mass is 227 g/mol. The molecule has 84 valence electrons. The first-order chi connectivity index (χ1) is 8.15.